The molecule has 0 bridgehead atoms. The summed E-state index contributed by atoms with van der Waals surface area (Å²) in [5.74, 6) is -0.212. The number of hydrogen-bond acceptors (Lipinski definition) is 6. The van der Waals surface area contributed by atoms with Crippen LogP contribution in [0.1, 0.15) is 49.5 Å². The number of carboxylic acid groups (broad SMARTS) is 1. The predicted molar refractivity (Wildman–Crippen MR) is 121 cm³/mol. The molecule has 2 atom stereocenters. The third-order valence-corrected chi connectivity index (χ3v) is 7.38. The Balaban J connectivity index is 0.00000151. The molecule has 0 aromatic heterocycles. The summed E-state index contributed by atoms with van der Waals surface area (Å²) < 4.78 is 25.3. The third kappa shape index (κ3) is 8.68. The third-order valence-electron chi connectivity index (χ3n) is 5.41. The molecule has 1 fully saturated rings. The standard InChI is InChI=1S/C21H34N2O4S.CH2O2/c1-21(2,3)18-10-8-16(9-11-18)19(24)7-6-12-23-13-17(20(25)14-23)15-28(26,27)22(4)5;2-1-3/h8-11,17,20,25H,6-7,12-15H2,1-5H3;1H,(H,2,3)/t17-,20-;/m0./s1. The van der Waals surface area contributed by atoms with Gasteiger partial charge < -0.3 is 15.1 Å². The largest absolute Gasteiger partial charge is 0.483 e. The maximum Gasteiger partial charge on any atom is 0.290 e. The van der Waals surface area contributed by atoms with Crippen LogP contribution in [0.2, 0.25) is 0 Å². The molecule has 1 saturated heterocycles. The maximum atomic E-state index is 12.4. The molecule has 1 aromatic carbocycles. The van der Waals surface area contributed by atoms with E-state index < -0.39 is 16.1 Å². The number of aliphatic hydroxyl groups excluding tert-OH is 1. The highest BCUT2D eigenvalue weighted by atomic mass is 32.2. The topological polar surface area (TPSA) is 115 Å². The molecule has 1 aliphatic heterocycles. The normalized spacial score (nSPS) is 19.7. The Morgan fingerprint density at radius 1 is 1.19 bits per heavy atom. The lowest BCUT2D eigenvalue weighted by molar-refractivity contribution is -0.122. The lowest BCUT2D eigenvalue weighted by Gasteiger charge is -2.19. The van der Waals surface area contributed by atoms with Crippen molar-refractivity contribution in [3.05, 3.63) is 35.4 Å². The maximum absolute atomic E-state index is 12.4. The van der Waals surface area contributed by atoms with Crippen LogP contribution in [-0.2, 0) is 20.2 Å². The van der Waals surface area contributed by atoms with Gasteiger partial charge in [0.15, 0.2) is 5.78 Å². The summed E-state index contributed by atoms with van der Waals surface area (Å²) in [5, 5.41) is 17.1. The highest BCUT2D eigenvalue weighted by Crippen LogP contribution is 2.23. The second-order valence-corrected chi connectivity index (χ2v) is 11.3. The molecule has 1 aliphatic rings. The molecule has 0 unspecified atom stereocenters. The Kier molecular flexibility index (Phi) is 10.3. The van der Waals surface area contributed by atoms with Crippen molar-refractivity contribution in [3.8, 4) is 0 Å². The van der Waals surface area contributed by atoms with E-state index in [1.54, 1.807) is 0 Å². The Morgan fingerprint density at radius 2 is 1.74 bits per heavy atom. The first-order valence-electron chi connectivity index (χ1n) is 10.3. The first-order chi connectivity index (χ1) is 14.3. The molecule has 8 nitrogen and oxygen atoms in total. The van der Waals surface area contributed by atoms with E-state index in [-0.39, 0.29) is 29.3 Å². The second kappa shape index (κ2) is 11.7. The van der Waals surface area contributed by atoms with Crippen LogP contribution in [0.3, 0.4) is 0 Å². The summed E-state index contributed by atoms with van der Waals surface area (Å²) in [6.45, 7) is 7.87. The van der Waals surface area contributed by atoms with Crippen molar-refractivity contribution in [3.63, 3.8) is 0 Å². The van der Waals surface area contributed by atoms with Gasteiger partial charge in [-0.15, -0.1) is 0 Å². The molecule has 31 heavy (non-hydrogen) atoms. The van der Waals surface area contributed by atoms with Crippen molar-refractivity contribution in [1.29, 1.82) is 0 Å². The number of hydrogen-bond donors (Lipinski definition) is 2. The Hall–Kier alpha value is -1.81. The highest BCUT2D eigenvalue weighted by Gasteiger charge is 2.35. The summed E-state index contributed by atoms with van der Waals surface area (Å²) in [6.07, 6.45) is 0.498. The molecular formula is C22H36N2O6S. The van der Waals surface area contributed by atoms with Crippen molar-refractivity contribution >= 4 is 22.3 Å². The molecule has 0 aliphatic carbocycles. The van der Waals surface area contributed by atoms with Crippen LogP contribution in [0.5, 0.6) is 0 Å². The zero-order valence-electron chi connectivity index (χ0n) is 19.1. The molecule has 1 aromatic rings. The van der Waals surface area contributed by atoms with Gasteiger partial charge in [0.2, 0.25) is 10.0 Å². The Morgan fingerprint density at radius 3 is 2.23 bits per heavy atom. The van der Waals surface area contributed by atoms with Crippen molar-refractivity contribution in [2.45, 2.75) is 45.1 Å². The Labute approximate surface area is 185 Å². The minimum absolute atomic E-state index is 0.0449. The van der Waals surface area contributed by atoms with E-state index in [4.69, 9.17) is 9.90 Å². The van der Waals surface area contributed by atoms with Crippen LogP contribution in [0.25, 0.3) is 0 Å². The number of carbonyl (C=O) groups is 2. The number of benzene rings is 1. The average molecular weight is 457 g/mol. The number of ketones is 1. The van der Waals surface area contributed by atoms with Gasteiger partial charge in [0.25, 0.3) is 6.47 Å². The zero-order chi connectivity index (χ0) is 23.8. The van der Waals surface area contributed by atoms with Crippen LogP contribution >= 0.6 is 0 Å². The molecule has 176 valence electrons. The van der Waals surface area contributed by atoms with Crippen molar-refractivity contribution in [1.82, 2.24) is 9.21 Å². The fourth-order valence-corrected chi connectivity index (χ4v) is 4.64. The fourth-order valence-electron chi connectivity index (χ4n) is 3.47. The lowest BCUT2D eigenvalue weighted by atomic mass is 9.86. The summed E-state index contributed by atoms with van der Waals surface area (Å²) in [4.78, 5) is 22.8. The van der Waals surface area contributed by atoms with Crippen LogP contribution < -0.4 is 0 Å². The zero-order valence-corrected chi connectivity index (χ0v) is 19.9. The molecule has 9 heteroatoms. The van der Waals surface area contributed by atoms with Gasteiger partial charge >= 0.3 is 0 Å². The van der Waals surface area contributed by atoms with Gasteiger partial charge in [-0.05, 0) is 23.9 Å². The molecule has 2 N–H and O–H groups in total. The number of sulfonamides is 1. The molecule has 0 amide bonds. The molecule has 2 rings (SSSR count). The van der Waals surface area contributed by atoms with Gasteiger partial charge in [-0.1, -0.05) is 45.0 Å². The quantitative estimate of drug-likeness (QED) is 0.453. The molecule has 0 saturated carbocycles. The summed E-state index contributed by atoms with van der Waals surface area (Å²) >= 11 is 0. The summed E-state index contributed by atoms with van der Waals surface area (Å²) in [6, 6.07) is 7.81. The van der Waals surface area contributed by atoms with Gasteiger partial charge in [-0.3, -0.25) is 9.59 Å². The molecule has 0 radical (unpaired) electrons. The number of likely N-dealkylation sites (tertiary alicyclic amines) is 1. The molecule has 0 spiro atoms. The van der Waals surface area contributed by atoms with E-state index in [1.165, 1.54) is 24.0 Å². The number of β-amino-alcohol motifs (C(OH)–C–C–N with tert-alkyl or cyclic N) is 1. The van der Waals surface area contributed by atoms with E-state index in [0.29, 0.717) is 32.5 Å². The minimum Gasteiger partial charge on any atom is -0.483 e. The van der Waals surface area contributed by atoms with E-state index in [1.807, 2.05) is 24.3 Å². The van der Waals surface area contributed by atoms with Crippen LogP contribution in [0, 0.1) is 5.92 Å². The fraction of sp³-hybridized carbons (Fsp3) is 0.636. The minimum atomic E-state index is -3.33. The Bertz CT molecular complexity index is 815. The van der Waals surface area contributed by atoms with Crippen molar-refractivity contribution in [2.24, 2.45) is 5.92 Å². The highest BCUT2D eigenvalue weighted by molar-refractivity contribution is 7.89. The van der Waals surface area contributed by atoms with Gasteiger partial charge in [0, 0.05) is 45.1 Å². The van der Waals surface area contributed by atoms with Gasteiger partial charge in [0.05, 0.1) is 11.9 Å². The van der Waals surface area contributed by atoms with Gasteiger partial charge in [-0.2, -0.15) is 0 Å². The average Bonchev–Trinajstić information content (AvgIpc) is 3.00. The van der Waals surface area contributed by atoms with E-state index >= 15 is 0 Å². The predicted octanol–water partition coefficient (Wildman–Crippen LogP) is 1.83. The smallest absolute Gasteiger partial charge is 0.290 e. The van der Waals surface area contributed by atoms with Crippen molar-refractivity contribution in [2.75, 3.05) is 39.5 Å². The summed E-state index contributed by atoms with van der Waals surface area (Å²) in [7, 11) is -0.314. The first-order valence-corrected chi connectivity index (χ1v) is 11.9. The van der Waals surface area contributed by atoms with Gasteiger partial charge in [-0.25, -0.2) is 12.7 Å². The molecular weight excluding hydrogens is 420 g/mol. The SMILES string of the molecule is CN(C)S(=O)(=O)C[C@@H]1CN(CCCC(=O)c2ccc(C(C)(C)C)cc2)C[C@@H]1O.O=CO. The van der Waals surface area contributed by atoms with E-state index in [0.717, 1.165) is 5.56 Å². The van der Waals surface area contributed by atoms with E-state index in [2.05, 4.69) is 25.7 Å². The van der Waals surface area contributed by atoms with Crippen LogP contribution in [0.4, 0.5) is 0 Å². The number of rotatable bonds is 8. The van der Waals surface area contributed by atoms with Crippen molar-refractivity contribution < 1.29 is 28.2 Å². The number of Topliss-reactive ketones (excluding diaryl/α,β-unsaturated/α-hetero) is 1. The number of aliphatic hydroxyl groups is 1. The van der Waals surface area contributed by atoms with Crippen LogP contribution in [0.15, 0.2) is 24.3 Å². The molecule has 1 heterocycles. The number of carbonyl (C=O) groups excluding carboxylic acids is 1. The van der Waals surface area contributed by atoms with Crippen LogP contribution in [-0.4, -0.2) is 85.7 Å². The lowest BCUT2D eigenvalue weighted by Crippen LogP contribution is -2.33. The second-order valence-electron chi connectivity index (χ2n) is 9.11. The monoisotopic (exact) mass is 456 g/mol. The first kappa shape index (κ1) is 27.2. The van der Waals surface area contributed by atoms with E-state index in [9.17, 15) is 18.3 Å². The number of nitrogens with zero attached hydrogens (tertiary/aromatic N) is 2. The van der Waals surface area contributed by atoms with Gasteiger partial charge in [0.1, 0.15) is 0 Å². The summed E-state index contributed by atoms with van der Waals surface area (Å²) in [5.41, 5.74) is 1.99.